The number of benzene rings is 3. The molecule has 0 saturated heterocycles. The molecule has 4 rings (SSSR count). The van der Waals surface area contributed by atoms with Crippen LogP contribution in [0.5, 0.6) is 11.5 Å². The molecular formula is C24H20N2O4. The highest BCUT2D eigenvalue weighted by Gasteiger charge is 2.17. The highest BCUT2D eigenvalue weighted by atomic mass is 16.7. The zero-order valence-corrected chi connectivity index (χ0v) is 16.1. The minimum absolute atomic E-state index is 0.138. The number of nitrogens with one attached hydrogen (secondary N) is 2. The number of carbonyl (C=O) groups excluding carboxylic acids is 2. The van der Waals surface area contributed by atoms with Gasteiger partial charge in [0.05, 0.1) is 0 Å². The second kappa shape index (κ2) is 8.96. The monoisotopic (exact) mass is 400 g/mol. The fourth-order valence-corrected chi connectivity index (χ4v) is 2.99. The molecule has 30 heavy (non-hydrogen) atoms. The van der Waals surface area contributed by atoms with Gasteiger partial charge in [0.2, 0.25) is 6.79 Å². The van der Waals surface area contributed by atoms with Crippen LogP contribution >= 0.6 is 0 Å². The van der Waals surface area contributed by atoms with Gasteiger partial charge in [0, 0.05) is 12.1 Å². The van der Waals surface area contributed by atoms with Crippen LogP contribution in [0.2, 0.25) is 0 Å². The van der Waals surface area contributed by atoms with Crippen molar-refractivity contribution in [3.8, 4) is 11.5 Å². The molecule has 0 bridgehead atoms. The van der Waals surface area contributed by atoms with Crippen molar-refractivity contribution in [1.29, 1.82) is 0 Å². The summed E-state index contributed by atoms with van der Waals surface area (Å²) in [7, 11) is 0. The summed E-state index contributed by atoms with van der Waals surface area (Å²) in [5.41, 5.74) is 2.27. The molecular weight excluding hydrogens is 380 g/mol. The van der Waals surface area contributed by atoms with Gasteiger partial charge in [0.1, 0.15) is 5.70 Å². The summed E-state index contributed by atoms with van der Waals surface area (Å²) in [5, 5.41) is 5.57. The maximum atomic E-state index is 12.9. The molecule has 0 unspecified atom stereocenters. The predicted octanol–water partition coefficient (Wildman–Crippen LogP) is 3.50. The van der Waals surface area contributed by atoms with E-state index in [4.69, 9.17) is 9.47 Å². The molecule has 6 heteroatoms. The molecule has 1 aliphatic rings. The Kier molecular flexibility index (Phi) is 5.75. The molecule has 6 nitrogen and oxygen atoms in total. The van der Waals surface area contributed by atoms with Crippen molar-refractivity contribution in [2.45, 2.75) is 6.54 Å². The molecule has 3 aromatic carbocycles. The number of ether oxygens (including phenoxy) is 2. The van der Waals surface area contributed by atoms with Crippen LogP contribution < -0.4 is 20.1 Å². The average molecular weight is 400 g/mol. The maximum Gasteiger partial charge on any atom is 0.268 e. The van der Waals surface area contributed by atoms with E-state index in [1.165, 1.54) is 0 Å². The Morgan fingerprint density at radius 1 is 0.867 bits per heavy atom. The summed E-state index contributed by atoms with van der Waals surface area (Å²) >= 11 is 0. The van der Waals surface area contributed by atoms with Crippen molar-refractivity contribution in [2.75, 3.05) is 6.79 Å². The fraction of sp³-hybridized carbons (Fsp3) is 0.0833. The average Bonchev–Trinajstić information content (AvgIpc) is 3.26. The number of fused-ring (bicyclic) bond motifs is 1. The van der Waals surface area contributed by atoms with Crippen LogP contribution in [0.3, 0.4) is 0 Å². The minimum Gasteiger partial charge on any atom is -0.454 e. The van der Waals surface area contributed by atoms with E-state index in [1.54, 1.807) is 48.5 Å². The summed E-state index contributed by atoms with van der Waals surface area (Å²) < 4.78 is 10.7. The third-order valence-electron chi connectivity index (χ3n) is 4.53. The van der Waals surface area contributed by atoms with Crippen molar-refractivity contribution in [1.82, 2.24) is 10.6 Å². The van der Waals surface area contributed by atoms with Gasteiger partial charge >= 0.3 is 0 Å². The molecule has 2 amide bonds. The molecule has 0 spiro atoms. The predicted molar refractivity (Wildman–Crippen MR) is 113 cm³/mol. The first-order valence-corrected chi connectivity index (χ1v) is 9.49. The van der Waals surface area contributed by atoms with Gasteiger partial charge < -0.3 is 20.1 Å². The lowest BCUT2D eigenvalue weighted by Crippen LogP contribution is -2.34. The summed E-state index contributed by atoms with van der Waals surface area (Å²) in [6.45, 7) is 0.511. The van der Waals surface area contributed by atoms with E-state index in [1.807, 2.05) is 36.4 Å². The van der Waals surface area contributed by atoms with E-state index in [-0.39, 0.29) is 24.3 Å². The zero-order chi connectivity index (χ0) is 20.8. The molecule has 0 radical (unpaired) electrons. The highest BCUT2D eigenvalue weighted by Crippen LogP contribution is 2.33. The van der Waals surface area contributed by atoms with Crippen LogP contribution in [0.15, 0.2) is 84.6 Å². The fourth-order valence-electron chi connectivity index (χ4n) is 2.99. The Bertz CT molecular complexity index is 1080. The Morgan fingerprint density at radius 2 is 1.57 bits per heavy atom. The molecule has 0 saturated carbocycles. The van der Waals surface area contributed by atoms with Crippen LogP contribution in [0.1, 0.15) is 21.5 Å². The molecule has 0 aromatic heterocycles. The van der Waals surface area contributed by atoms with E-state index in [0.717, 1.165) is 5.56 Å². The van der Waals surface area contributed by atoms with Crippen LogP contribution in [0.4, 0.5) is 0 Å². The molecule has 1 aliphatic heterocycles. The van der Waals surface area contributed by atoms with Gasteiger partial charge in [0.25, 0.3) is 11.8 Å². The first-order chi connectivity index (χ1) is 14.7. The normalized spacial score (nSPS) is 12.3. The molecule has 0 atom stereocenters. The third-order valence-corrected chi connectivity index (χ3v) is 4.53. The van der Waals surface area contributed by atoms with Crippen molar-refractivity contribution in [2.24, 2.45) is 0 Å². The van der Waals surface area contributed by atoms with Crippen LogP contribution in [0.25, 0.3) is 6.08 Å². The lowest BCUT2D eigenvalue weighted by molar-refractivity contribution is -0.117. The van der Waals surface area contributed by atoms with Gasteiger partial charge in [-0.2, -0.15) is 0 Å². The summed E-state index contributed by atoms with van der Waals surface area (Å²) in [5.74, 6) is 0.496. The van der Waals surface area contributed by atoms with Gasteiger partial charge in [-0.15, -0.1) is 0 Å². The summed E-state index contributed by atoms with van der Waals surface area (Å²) in [6, 6.07) is 23.6. The number of hydrogen-bond donors (Lipinski definition) is 2. The third kappa shape index (κ3) is 4.67. The molecule has 3 aromatic rings. The Labute approximate surface area is 174 Å². The van der Waals surface area contributed by atoms with Crippen molar-refractivity contribution in [3.63, 3.8) is 0 Å². The standard InChI is InChI=1S/C24H20N2O4/c27-23(19-9-5-2-6-10-19)26-20(24(28)25-15-17-7-3-1-4-8-17)13-18-11-12-21-22(14-18)30-16-29-21/h1-14H,15-16H2,(H,25,28)(H,26,27). The molecule has 0 aliphatic carbocycles. The lowest BCUT2D eigenvalue weighted by Gasteiger charge is -2.11. The lowest BCUT2D eigenvalue weighted by atomic mass is 10.1. The Hall–Kier alpha value is -4.06. The summed E-state index contributed by atoms with van der Waals surface area (Å²) in [4.78, 5) is 25.5. The number of carbonyl (C=O) groups is 2. The molecule has 2 N–H and O–H groups in total. The van der Waals surface area contributed by atoms with Gasteiger partial charge in [-0.3, -0.25) is 9.59 Å². The van der Waals surface area contributed by atoms with E-state index < -0.39 is 0 Å². The van der Waals surface area contributed by atoms with Gasteiger partial charge in [-0.1, -0.05) is 54.6 Å². The SMILES string of the molecule is O=C(NCc1ccccc1)C(=Cc1ccc2c(c1)OCO2)NC(=O)c1ccccc1. The maximum absolute atomic E-state index is 12.9. The first kappa shape index (κ1) is 19.3. The van der Waals surface area contributed by atoms with Gasteiger partial charge in [-0.25, -0.2) is 0 Å². The number of amides is 2. The summed E-state index contributed by atoms with van der Waals surface area (Å²) in [6.07, 6.45) is 1.61. The van der Waals surface area contributed by atoms with E-state index in [0.29, 0.717) is 29.2 Å². The van der Waals surface area contributed by atoms with Crippen molar-refractivity contribution >= 4 is 17.9 Å². The highest BCUT2D eigenvalue weighted by molar-refractivity contribution is 6.05. The van der Waals surface area contributed by atoms with E-state index >= 15 is 0 Å². The first-order valence-electron chi connectivity index (χ1n) is 9.49. The molecule has 0 fully saturated rings. The minimum atomic E-state index is -0.388. The molecule has 1 heterocycles. The smallest absolute Gasteiger partial charge is 0.268 e. The number of hydrogen-bond acceptors (Lipinski definition) is 4. The second-order valence-electron chi connectivity index (χ2n) is 6.66. The van der Waals surface area contributed by atoms with Crippen molar-refractivity contribution < 1.29 is 19.1 Å². The van der Waals surface area contributed by atoms with E-state index in [9.17, 15) is 9.59 Å². The van der Waals surface area contributed by atoms with Crippen LogP contribution in [-0.2, 0) is 11.3 Å². The largest absolute Gasteiger partial charge is 0.454 e. The molecule has 150 valence electrons. The Morgan fingerprint density at radius 3 is 2.33 bits per heavy atom. The number of rotatable bonds is 6. The van der Waals surface area contributed by atoms with E-state index in [2.05, 4.69) is 10.6 Å². The van der Waals surface area contributed by atoms with Crippen LogP contribution in [0, 0.1) is 0 Å². The topological polar surface area (TPSA) is 76.7 Å². The van der Waals surface area contributed by atoms with Crippen molar-refractivity contribution in [3.05, 3.63) is 101 Å². The van der Waals surface area contributed by atoms with Gasteiger partial charge in [0.15, 0.2) is 11.5 Å². The van der Waals surface area contributed by atoms with Gasteiger partial charge in [-0.05, 0) is 41.5 Å². The quantitative estimate of drug-likeness (QED) is 0.621. The zero-order valence-electron chi connectivity index (χ0n) is 16.1. The second-order valence-corrected chi connectivity index (χ2v) is 6.66. The Balaban J connectivity index is 1.56. The van der Waals surface area contributed by atoms with Crippen LogP contribution in [-0.4, -0.2) is 18.6 Å².